The normalized spacial score (nSPS) is 15.5. The van der Waals surface area contributed by atoms with E-state index in [2.05, 4.69) is 10.3 Å². The van der Waals surface area contributed by atoms with Gasteiger partial charge in [-0.2, -0.15) is 0 Å². The van der Waals surface area contributed by atoms with E-state index in [1.807, 2.05) is 24.4 Å². The lowest BCUT2D eigenvalue weighted by Crippen LogP contribution is -2.46. The van der Waals surface area contributed by atoms with Crippen molar-refractivity contribution >= 4 is 22.6 Å². The first kappa shape index (κ1) is 12.9. The van der Waals surface area contributed by atoms with Gasteiger partial charge in [-0.05, 0) is 17.5 Å². The molecule has 2 heterocycles. The van der Waals surface area contributed by atoms with E-state index in [1.165, 1.54) is 0 Å². The average molecular weight is 271 g/mol. The Hall–Kier alpha value is -2.14. The van der Waals surface area contributed by atoms with Gasteiger partial charge in [0.05, 0.1) is 6.42 Å². The number of amides is 1. The van der Waals surface area contributed by atoms with Crippen molar-refractivity contribution in [3.8, 4) is 0 Å². The molecule has 0 unspecified atom stereocenters. The van der Waals surface area contributed by atoms with Crippen LogP contribution >= 0.6 is 0 Å². The highest BCUT2D eigenvalue weighted by Crippen LogP contribution is 2.15. The number of piperazine rings is 1. The number of H-pyrrole nitrogens is 1. The zero-order chi connectivity index (χ0) is 13.9. The summed E-state index contributed by atoms with van der Waals surface area (Å²) < 4.78 is 0. The minimum Gasteiger partial charge on any atom is -0.361 e. The van der Waals surface area contributed by atoms with Gasteiger partial charge in [0.25, 0.3) is 0 Å². The average Bonchev–Trinajstić information content (AvgIpc) is 2.95. The maximum atomic E-state index is 12.2. The lowest BCUT2D eigenvalue weighted by molar-refractivity contribution is -0.130. The minimum absolute atomic E-state index is 0.0494. The second kappa shape index (κ2) is 5.46. The number of ketones is 1. The Labute approximate surface area is 117 Å². The van der Waals surface area contributed by atoms with Crippen LogP contribution in [0.2, 0.25) is 0 Å². The van der Waals surface area contributed by atoms with Crippen molar-refractivity contribution in [1.82, 2.24) is 15.2 Å². The minimum atomic E-state index is -0.120. The third kappa shape index (κ3) is 2.58. The molecule has 2 N–H and O–H groups in total. The van der Waals surface area contributed by atoms with Crippen LogP contribution in [0.4, 0.5) is 0 Å². The first-order chi connectivity index (χ1) is 9.74. The number of hydrogen-bond donors (Lipinski definition) is 2. The van der Waals surface area contributed by atoms with Gasteiger partial charge in [0.1, 0.15) is 0 Å². The molecular formula is C15H17N3O2. The number of Topliss-reactive ketones (excluding diaryl/α,β-unsaturated/α-hetero) is 1. The van der Waals surface area contributed by atoms with Crippen molar-refractivity contribution in [3.05, 3.63) is 36.0 Å². The highest BCUT2D eigenvalue weighted by atomic mass is 16.2. The highest BCUT2D eigenvalue weighted by molar-refractivity contribution is 6.08. The Morgan fingerprint density at radius 2 is 1.95 bits per heavy atom. The standard InChI is InChI=1S/C15H17N3O2/c19-14(10-15(20)18-7-5-16-6-8-18)12-2-1-11-3-4-17-13(11)9-12/h1-4,9,16-17H,5-8,10H2. The van der Waals surface area contributed by atoms with Crippen LogP contribution in [0.5, 0.6) is 0 Å². The van der Waals surface area contributed by atoms with Crippen LogP contribution in [-0.4, -0.2) is 47.8 Å². The molecule has 0 aliphatic carbocycles. The number of nitrogens with zero attached hydrogens (tertiary/aromatic N) is 1. The molecular weight excluding hydrogens is 254 g/mol. The van der Waals surface area contributed by atoms with Gasteiger partial charge in [0, 0.05) is 43.5 Å². The van der Waals surface area contributed by atoms with Crippen molar-refractivity contribution in [2.75, 3.05) is 26.2 Å². The lowest BCUT2D eigenvalue weighted by atomic mass is 10.1. The Bertz CT molecular complexity index is 641. The van der Waals surface area contributed by atoms with Crippen molar-refractivity contribution in [3.63, 3.8) is 0 Å². The summed E-state index contributed by atoms with van der Waals surface area (Å²) in [4.78, 5) is 29.1. The van der Waals surface area contributed by atoms with Crippen molar-refractivity contribution in [2.24, 2.45) is 0 Å². The van der Waals surface area contributed by atoms with Crippen LogP contribution in [0.25, 0.3) is 10.9 Å². The Kier molecular flexibility index (Phi) is 3.52. The van der Waals surface area contributed by atoms with Crippen LogP contribution in [0.1, 0.15) is 16.8 Å². The third-order valence-electron chi connectivity index (χ3n) is 3.66. The monoisotopic (exact) mass is 271 g/mol. The number of rotatable bonds is 3. The maximum absolute atomic E-state index is 12.2. The number of carbonyl (C=O) groups excluding carboxylic acids is 2. The van der Waals surface area contributed by atoms with E-state index in [0.717, 1.165) is 24.0 Å². The van der Waals surface area contributed by atoms with Crippen LogP contribution < -0.4 is 5.32 Å². The molecule has 2 aromatic rings. The summed E-state index contributed by atoms with van der Waals surface area (Å²) in [7, 11) is 0. The number of aromatic amines is 1. The van der Waals surface area contributed by atoms with E-state index in [1.54, 1.807) is 11.0 Å². The fraction of sp³-hybridized carbons (Fsp3) is 0.333. The van der Waals surface area contributed by atoms with Gasteiger partial charge in [-0.1, -0.05) is 12.1 Å². The predicted molar refractivity (Wildman–Crippen MR) is 76.7 cm³/mol. The molecule has 0 atom stereocenters. The molecule has 0 saturated carbocycles. The van der Waals surface area contributed by atoms with Crippen LogP contribution in [0.15, 0.2) is 30.5 Å². The second-order valence-corrected chi connectivity index (χ2v) is 5.01. The Morgan fingerprint density at radius 1 is 1.15 bits per heavy atom. The summed E-state index contributed by atoms with van der Waals surface area (Å²) in [6, 6.07) is 7.44. The summed E-state index contributed by atoms with van der Waals surface area (Å²) in [6.07, 6.45) is 1.79. The van der Waals surface area contributed by atoms with E-state index >= 15 is 0 Å². The van der Waals surface area contributed by atoms with E-state index < -0.39 is 0 Å². The van der Waals surface area contributed by atoms with Gasteiger partial charge >= 0.3 is 0 Å². The van der Waals surface area contributed by atoms with E-state index in [0.29, 0.717) is 18.7 Å². The number of nitrogens with one attached hydrogen (secondary N) is 2. The molecule has 1 fully saturated rings. The zero-order valence-corrected chi connectivity index (χ0v) is 11.2. The lowest BCUT2D eigenvalue weighted by Gasteiger charge is -2.27. The fourth-order valence-corrected chi connectivity index (χ4v) is 2.49. The first-order valence-corrected chi connectivity index (χ1v) is 6.83. The van der Waals surface area contributed by atoms with E-state index in [9.17, 15) is 9.59 Å². The van der Waals surface area contributed by atoms with Gasteiger partial charge < -0.3 is 15.2 Å². The Morgan fingerprint density at radius 3 is 2.75 bits per heavy atom. The number of fused-ring (bicyclic) bond motifs is 1. The molecule has 1 aromatic carbocycles. The molecule has 1 aliphatic heterocycles. The summed E-state index contributed by atoms with van der Waals surface area (Å²) >= 11 is 0. The molecule has 0 bridgehead atoms. The molecule has 1 aliphatic rings. The number of hydrogen-bond acceptors (Lipinski definition) is 3. The quantitative estimate of drug-likeness (QED) is 0.650. The predicted octanol–water partition coefficient (Wildman–Crippen LogP) is 1.17. The molecule has 20 heavy (non-hydrogen) atoms. The molecule has 1 aromatic heterocycles. The molecule has 0 spiro atoms. The van der Waals surface area contributed by atoms with Crippen LogP contribution in [0.3, 0.4) is 0 Å². The van der Waals surface area contributed by atoms with Gasteiger partial charge in [-0.15, -0.1) is 0 Å². The fourth-order valence-electron chi connectivity index (χ4n) is 2.49. The number of benzene rings is 1. The smallest absolute Gasteiger partial charge is 0.230 e. The van der Waals surface area contributed by atoms with E-state index in [4.69, 9.17) is 0 Å². The SMILES string of the molecule is O=C(CC(=O)N1CCNCC1)c1ccc2cc[nH]c2c1. The summed E-state index contributed by atoms with van der Waals surface area (Å²) in [6.45, 7) is 2.96. The second-order valence-electron chi connectivity index (χ2n) is 5.01. The zero-order valence-electron chi connectivity index (χ0n) is 11.2. The van der Waals surface area contributed by atoms with Gasteiger partial charge in [0.15, 0.2) is 5.78 Å². The maximum Gasteiger partial charge on any atom is 0.230 e. The van der Waals surface area contributed by atoms with Crippen LogP contribution in [-0.2, 0) is 4.79 Å². The van der Waals surface area contributed by atoms with Crippen molar-refractivity contribution < 1.29 is 9.59 Å². The molecule has 104 valence electrons. The molecule has 5 nitrogen and oxygen atoms in total. The first-order valence-electron chi connectivity index (χ1n) is 6.83. The molecule has 5 heteroatoms. The van der Waals surface area contributed by atoms with Crippen molar-refractivity contribution in [2.45, 2.75) is 6.42 Å². The third-order valence-corrected chi connectivity index (χ3v) is 3.66. The summed E-state index contributed by atoms with van der Waals surface area (Å²) in [5.74, 6) is -0.201. The topological polar surface area (TPSA) is 65.2 Å². The Balaban J connectivity index is 1.70. The van der Waals surface area contributed by atoms with Gasteiger partial charge in [0.2, 0.25) is 5.91 Å². The molecule has 3 rings (SSSR count). The summed E-state index contributed by atoms with van der Waals surface area (Å²) in [5.41, 5.74) is 1.51. The summed E-state index contributed by atoms with van der Waals surface area (Å²) in [5, 5.41) is 4.25. The van der Waals surface area contributed by atoms with Gasteiger partial charge in [-0.25, -0.2) is 0 Å². The van der Waals surface area contributed by atoms with E-state index in [-0.39, 0.29) is 18.1 Å². The van der Waals surface area contributed by atoms with Crippen LogP contribution in [0, 0.1) is 0 Å². The molecule has 1 saturated heterocycles. The highest BCUT2D eigenvalue weighted by Gasteiger charge is 2.19. The molecule has 1 amide bonds. The number of carbonyl (C=O) groups is 2. The van der Waals surface area contributed by atoms with Gasteiger partial charge in [-0.3, -0.25) is 9.59 Å². The number of aromatic nitrogens is 1. The largest absolute Gasteiger partial charge is 0.361 e. The van der Waals surface area contributed by atoms with Crippen molar-refractivity contribution in [1.29, 1.82) is 0 Å². The molecule has 0 radical (unpaired) electrons.